The molecule has 1 aliphatic rings. The number of nitrogens with one attached hydrogen (secondary N) is 1. The van der Waals surface area contributed by atoms with Crippen LogP contribution in [0.5, 0.6) is 11.5 Å². The average Bonchev–Trinajstić information content (AvgIpc) is 3.33. The lowest BCUT2D eigenvalue weighted by Gasteiger charge is -2.18. The van der Waals surface area contributed by atoms with Gasteiger partial charge >= 0.3 is 0 Å². The van der Waals surface area contributed by atoms with E-state index in [1.165, 1.54) is 6.07 Å². The number of fused-ring (bicyclic) bond motifs is 4. The smallest absolute Gasteiger partial charge is 0.273 e. The molecule has 0 fully saturated rings. The normalized spacial score (nSPS) is 13.7. The second-order valence-electron chi connectivity index (χ2n) is 7.31. The quantitative estimate of drug-likeness (QED) is 0.565. The predicted molar refractivity (Wildman–Crippen MR) is 111 cm³/mol. The molecule has 0 aliphatic carbocycles. The minimum Gasteiger partial charge on any atom is -0.454 e. The highest BCUT2D eigenvalue weighted by Gasteiger charge is 2.22. The van der Waals surface area contributed by atoms with Gasteiger partial charge in [0, 0.05) is 23.7 Å². The van der Waals surface area contributed by atoms with Gasteiger partial charge in [0.15, 0.2) is 17.1 Å². The highest BCUT2D eigenvalue weighted by molar-refractivity contribution is 5.94. The van der Waals surface area contributed by atoms with Crippen molar-refractivity contribution in [1.29, 1.82) is 0 Å². The van der Waals surface area contributed by atoms with E-state index < -0.39 is 6.04 Å². The van der Waals surface area contributed by atoms with Crippen molar-refractivity contribution in [1.82, 2.24) is 19.5 Å². The minimum atomic E-state index is -0.524. The molecule has 1 aliphatic heterocycles. The summed E-state index contributed by atoms with van der Waals surface area (Å²) in [6.07, 6.45) is 0. The van der Waals surface area contributed by atoms with Gasteiger partial charge in [-0.3, -0.25) is 14.3 Å². The number of amides is 1. The Balaban J connectivity index is 1.48. The maximum absolute atomic E-state index is 13.0. The molecule has 2 aromatic heterocycles. The average molecular weight is 404 g/mol. The van der Waals surface area contributed by atoms with Gasteiger partial charge in [-0.25, -0.2) is 4.52 Å². The van der Waals surface area contributed by atoms with E-state index in [9.17, 15) is 9.59 Å². The van der Waals surface area contributed by atoms with Gasteiger partial charge in [0.1, 0.15) is 6.04 Å². The molecular weight excluding hydrogens is 384 g/mol. The fourth-order valence-corrected chi connectivity index (χ4v) is 3.89. The first kappa shape index (κ1) is 18.2. The lowest BCUT2D eigenvalue weighted by molar-refractivity contribution is -0.124. The fourth-order valence-electron chi connectivity index (χ4n) is 3.89. The largest absolute Gasteiger partial charge is 0.454 e. The summed E-state index contributed by atoms with van der Waals surface area (Å²) in [7, 11) is 0. The molecule has 5 rings (SSSR count). The Bertz CT molecular complexity index is 1350. The van der Waals surface area contributed by atoms with E-state index in [1.807, 2.05) is 65.5 Å². The molecular formula is C22H20N4O4. The summed E-state index contributed by atoms with van der Waals surface area (Å²) in [6.45, 7) is 4.25. The van der Waals surface area contributed by atoms with Gasteiger partial charge in [-0.15, -0.1) is 0 Å². The van der Waals surface area contributed by atoms with Crippen molar-refractivity contribution in [2.45, 2.75) is 26.4 Å². The third-order valence-corrected chi connectivity index (χ3v) is 5.34. The van der Waals surface area contributed by atoms with Crippen LogP contribution in [-0.2, 0) is 11.3 Å². The van der Waals surface area contributed by atoms with Crippen molar-refractivity contribution < 1.29 is 14.3 Å². The lowest BCUT2D eigenvalue weighted by Crippen LogP contribution is -2.32. The number of carbonyl (C=O) groups is 1. The highest BCUT2D eigenvalue weighted by atomic mass is 16.7. The first-order valence-corrected chi connectivity index (χ1v) is 9.69. The highest BCUT2D eigenvalue weighted by Crippen LogP contribution is 2.32. The predicted octanol–water partition coefficient (Wildman–Crippen LogP) is 2.56. The Morgan fingerprint density at radius 1 is 1.17 bits per heavy atom. The number of hydrogen-bond acceptors (Lipinski definition) is 5. The van der Waals surface area contributed by atoms with Crippen LogP contribution in [0.4, 0.5) is 0 Å². The number of rotatable bonds is 4. The Morgan fingerprint density at radius 3 is 2.83 bits per heavy atom. The number of hydrogen-bond donors (Lipinski definition) is 1. The third-order valence-electron chi connectivity index (χ3n) is 5.34. The van der Waals surface area contributed by atoms with E-state index in [1.54, 1.807) is 0 Å². The van der Waals surface area contributed by atoms with Crippen molar-refractivity contribution in [2.24, 2.45) is 0 Å². The monoisotopic (exact) mass is 404 g/mol. The van der Waals surface area contributed by atoms with Gasteiger partial charge in [0.05, 0.1) is 5.52 Å². The molecule has 2 aromatic carbocycles. The van der Waals surface area contributed by atoms with E-state index in [0.717, 1.165) is 22.2 Å². The van der Waals surface area contributed by atoms with Crippen LogP contribution in [0, 0.1) is 6.92 Å². The first-order chi connectivity index (χ1) is 14.5. The molecule has 3 heterocycles. The van der Waals surface area contributed by atoms with Crippen molar-refractivity contribution in [3.8, 4) is 11.5 Å². The molecule has 0 spiro atoms. The number of aromatic nitrogens is 3. The number of benzene rings is 2. The number of para-hydroxylation sites is 1. The molecule has 4 aromatic rings. The maximum Gasteiger partial charge on any atom is 0.273 e. The number of aryl methyl sites for hydroxylation is 1. The van der Waals surface area contributed by atoms with Crippen LogP contribution in [-0.4, -0.2) is 26.9 Å². The molecule has 1 amide bonds. The van der Waals surface area contributed by atoms with Crippen LogP contribution in [0.25, 0.3) is 16.6 Å². The maximum atomic E-state index is 13.0. The molecule has 0 saturated heterocycles. The van der Waals surface area contributed by atoms with Crippen LogP contribution >= 0.6 is 0 Å². The third kappa shape index (κ3) is 2.88. The Kier molecular flexibility index (Phi) is 4.20. The minimum absolute atomic E-state index is 0.145. The number of carbonyl (C=O) groups excluding carboxylic acids is 1. The Labute approximate surface area is 171 Å². The van der Waals surface area contributed by atoms with Gasteiger partial charge < -0.3 is 14.8 Å². The van der Waals surface area contributed by atoms with Crippen LogP contribution < -0.4 is 20.3 Å². The Hall–Kier alpha value is -3.81. The zero-order valence-corrected chi connectivity index (χ0v) is 16.6. The van der Waals surface area contributed by atoms with Crippen molar-refractivity contribution >= 4 is 22.5 Å². The van der Waals surface area contributed by atoms with E-state index >= 15 is 0 Å². The zero-order valence-electron chi connectivity index (χ0n) is 16.6. The molecule has 0 saturated carbocycles. The van der Waals surface area contributed by atoms with E-state index in [2.05, 4.69) is 10.3 Å². The summed E-state index contributed by atoms with van der Waals surface area (Å²) in [6, 6.07) is 14.2. The topological polar surface area (TPSA) is 86.9 Å². The van der Waals surface area contributed by atoms with Gasteiger partial charge in [-0.05, 0) is 43.7 Å². The fraction of sp³-hybridized carbons (Fsp3) is 0.227. The standard InChI is InChI=1S/C22H20N4O4/c1-13-9-20(27)24-21-16-5-3-4-6-17(16)26(25(13)21)14(2)22(28)23-11-15-7-8-18-19(10-15)30-12-29-18/h3-10,14H,11-12H2,1-2H3,(H,23,28)/t14-/m0/s1. The Morgan fingerprint density at radius 2 is 1.97 bits per heavy atom. The molecule has 152 valence electrons. The second kappa shape index (κ2) is 6.91. The van der Waals surface area contributed by atoms with Crippen LogP contribution in [0.1, 0.15) is 24.2 Å². The molecule has 30 heavy (non-hydrogen) atoms. The molecule has 8 heteroatoms. The SMILES string of the molecule is Cc1cc(=O)nc2c3ccccc3n([C@@H](C)C(=O)NCc3ccc4c(c3)OCO4)n12. The molecule has 1 N–H and O–H groups in total. The summed E-state index contributed by atoms with van der Waals surface area (Å²) in [5.41, 5.74) is 2.73. The van der Waals surface area contributed by atoms with Crippen molar-refractivity contribution in [3.05, 3.63) is 70.1 Å². The van der Waals surface area contributed by atoms with Crippen LogP contribution in [0.15, 0.2) is 53.3 Å². The van der Waals surface area contributed by atoms with Crippen LogP contribution in [0.3, 0.4) is 0 Å². The zero-order chi connectivity index (χ0) is 20.8. The lowest BCUT2D eigenvalue weighted by atomic mass is 10.2. The van der Waals surface area contributed by atoms with Crippen molar-refractivity contribution in [2.75, 3.05) is 6.79 Å². The second-order valence-corrected chi connectivity index (χ2v) is 7.31. The molecule has 8 nitrogen and oxygen atoms in total. The van der Waals surface area contributed by atoms with Gasteiger partial charge in [-0.2, -0.15) is 4.98 Å². The van der Waals surface area contributed by atoms with Gasteiger partial charge in [-0.1, -0.05) is 18.2 Å². The summed E-state index contributed by atoms with van der Waals surface area (Å²) >= 11 is 0. The molecule has 0 unspecified atom stereocenters. The number of nitrogens with zero attached hydrogens (tertiary/aromatic N) is 3. The molecule has 0 radical (unpaired) electrons. The molecule has 1 atom stereocenters. The van der Waals surface area contributed by atoms with E-state index in [4.69, 9.17) is 9.47 Å². The summed E-state index contributed by atoms with van der Waals surface area (Å²) < 4.78 is 14.4. The summed E-state index contributed by atoms with van der Waals surface area (Å²) in [4.78, 5) is 29.2. The summed E-state index contributed by atoms with van der Waals surface area (Å²) in [5, 5.41) is 3.81. The van der Waals surface area contributed by atoms with Crippen LogP contribution in [0.2, 0.25) is 0 Å². The van der Waals surface area contributed by atoms with Crippen molar-refractivity contribution in [3.63, 3.8) is 0 Å². The summed E-state index contributed by atoms with van der Waals surface area (Å²) in [5.74, 6) is 1.25. The first-order valence-electron chi connectivity index (χ1n) is 9.69. The number of ether oxygens (including phenoxy) is 2. The van der Waals surface area contributed by atoms with E-state index in [-0.39, 0.29) is 18.3 Å². The van der Waals surface area contributed by atoms with Gasteiger partial charge in [0.2, 0.25) is 12.7 Å². The van der Waals surface area contributed by atoms with E-state index in [0.29, 0.717) is 23.7 Å². The van der Waals surface area contributed by atoms with Gasteiger partial charge in [0.25, 0.3) is 5.56 Å². The molecule has 0 bridgehead atoms.